The van der Waals surface area contributed by atoms with E-state index < -0.39 is 0 Å². The van der Waals surface area contributed by atoms with E-state index in [1.54, 1.807) is 11.8 Å². The quantitative estimate of drug-likeness (QED) is 0.720. The van der Waals surface area contributed by atoms with Gasteiger partial charge in [0.1, 0.15) is 0 Å². The summed E-state index contributed by atoms with van der Waals surface area (Å²) in [5.41, 5.74) is 1.16. The normalized spacial score (nSPS) is 10.5. The van der Waals surface area contributed by atoms with Crippen LogP contribution in [0, 0.1) is 0 Å². The summed E-state index contributed by atoms with van der Waals surface area (Å²) in [7, 11) is 0. The molecular formula is C11H11NS. The van der Waals surface area contributed by atoms with E-state index >= 15 is 0 Å². The number of benzene rings is 1. The van der Waals surface area contributed by atoms with Crippen molar-refractivity contribution in [2.24, 2.45) is 0 Å². The van der Waals surface area contributed by atoms with Gasteiger partial charge in [-0.25, -0.2) is 0 Å². The van der Waals surface area contributed by atoms with Crippen LogP contribution in [0.1, 0.15) is 5.69 Å². The molecule has 1 heterocycles. The maximum atomic E-state index is 4.38. The summed E-state index contributed by atoms with van der Waals surface area (Å²) in [4.78, 5) is 4.38. The maximum Gasteiger partial charge on any atom is 0.0508 e. The predicted octanol–water partition coefficient (Wildman–Crippen LogP) is 3.10. The van der Waals surface area contributed by atoms with Crippen LogP contribution in [0.2, 0.25) is 0 Å². The smallest absolute Gasteiger partial charge is 0.0508 e. The minimum absolute atomic E-state index is 0.991. The van der Waals surface area contributed by atoms with E-state index in [1.165, 1.54) is 10.8 Å². The van der Waals surface area contributed by atoms with Crippen molar-refractivity contribution in [3.8, 4) is 0 Å². The molecule has 1 aromatic heterocycles. The molecule has 1 aromatic carbocycles. The van der Waals surface area contributed by atoms with Crippen LogP contribution in [-0.4, -0.2) is 11.2 Å². The highest BCUT2D eigenvalue weighted by Gasteiger charge is 1.95. The van der Waals surface area contributed by atoms with E-state index in [2.05, 4.69) is 35.5 Å². The van der Waals surface area contributed by atoms with Gasteiger partial charge in [-0.1, -0.05) is 24.3 Å². The van der Waals surface area contributed by atoms with E-state index in [4.69, 9.17) is 0 Å². The number of pyridine rings is 1. The fourth-order valence-corrected chi connectivity index (χ4v) is 1.81. The molecule has 0 radical (unpaired) electrons. The highest BCUT2D eigenvalue weighted by atomic mass is 32.2. The van der Waals surface area contributed by atoms with Gasteiger partial charge in [0.05, 0.1) is 5.69 Å². The van der Waals surface area contributed by atoms with Crippen molar-refractivity contribution >= 4 is 22.5 Å². The van der Waals surface area contributed by atoms with Crippen molar-refractivity contribution in [3.63, 3.8) is 0 Å². The number of hydrogen-bond donors (Lipinski definition) is 0. The Hall–Kier alpha value is -1.02. The Morgan fingerprint density at radius 3 is 2.77 bits per heavy atom. The molecule has 66 valence electrons. The van der Waals surface area contributed by atoms with Crippen LogP contribution in [-0.2, 0) is 5.75 Å². The molecule has 0 fully saturated rings. The molecule has 1 nitrogen and oxygen atoms in total. The third kappa shape index (κ3) is 1.83. The highest BCUT2D eigenvalue weighted by Crippen LogP contribution is 2.15. The van der Waals surface area contributed by atoms with Crippen molar-refractivity contribution in [3.05, 3.63) is 42.2 Å². The SMILES string of the molecule is CSCc1cc2ccccc2cn1. The molecule has 0 aliphatic rings. The van der Waals surface area contributed by atoms with E-state index in [0.29, 0.717) is 0 Å². The second-order valence-electron chi connectivity index (χ2n) is 2.96. The number of rotatable bonds is 2. The lowest BCUT2D eigenvalue weighted by Gasteiger charge is -2.00. The van der Waals surface area contributed by atoms with Crippen molar-refractivity contribution in [2.45, 2.75) is 5.75 Å². The maximum absolute atomic E-state index is 4.38. The van der Waals surface area contributed by atoms with Crippen LogP contribution >= 0.6 is 11.8 Å². The van der Waals surface area contributed by atoms with E-state index in [-0.39, 0.29) is 0 Å². The molecule has 0 unspecified atom stereocenters. The van der Waals surface area contributed by atoms with E-state index in [9.17, 15) is 0 Å². The van der Waals surface area contributed by atoms with Gasteiger partial charge >= 0.3 is 0 Å². The average molecular weight is 189 g/mol. The van der Waals surface area contributed by atoms with Gasteiger partial charge in [0.2, 0.25) is 0 Å². The summed E-state index contributed by atoms with van der Waals surface area (Å²) in [6.07, 6.45) is 4.04. The van der Waals surface area contributed by atoms with Crippen molar-refractivity contribution in [2.75, 3.05) is 6.26 Å². The second-order valence-corrected chi connectivity index (χ2v) is 3.82. The first-order valence-electron chi connectivity index (χ1n) is 4.23. The van der Waals surface area contributed by atoms with E-state index in [0.717, 1.165) is 11.4 Å². The van der Waals surface area contributed by atoms with E-state index in [1.807, 2.05) is 12.3 Å². The fourth-order valence-electron chi connectivity index (χ4n) is 1.36. The van der Waals surface area contributed by atoms with Gasteiger partial charge in [0.15, 0.2) is 0 Å². The number of nitrogens with zero attached hydrogens (tertiary/aromatic N) is 1. The molecule has 0 saturated carbocycles. The molecular weight excluding hydrogens is 178 g/mol. The van der Waals surface area contributed by atoms with Crippen molar-refractivity contribution < 1.29 is 0 Å². The van der Waals surface area contributed by atoms with Crippen LogP contribution in [0.4, 0.5) is 0 Å². The van der Waals surface area contributed by atoms with Gasteiger partial charge in [-0.05, 0) is 17.7 Å². The fraction of sp³-hybridized carbons (Fsp3) is 0.182. The zero-order valence-corrected chi connectivity index (χ0v) is 8.34. The minimum atomic E-state index is 0.991. The number of thioether (sulfide) groups is 1. The van der Waals surface area contributed by atoms with Crippen LogP contribution in [0.25, 0.3) is 10.8 Å². The molecule has 0 N–H and O–H groups in total. The molecule has 0 aliphatic carbocycles. The minimum Gasteiger partial charge on any atom is -0.260 e. The summed E-state index contributed by atoms with van der Waals surface area (Å²) in [5, 5.41) is 2.49. The van der Waals surface area contributed by atoms with Gasteiger partial charge in [-0.15, -0.1) is 0 Å². The highest BCUT2D eigenvalue weighted by molar-refractivity contribution is 7.97. The van der Waals surface area contributed by atoms with Gasteiger partial charge in [0.25, 0.3) is 0 Å². The molecule has 13 heavy (non-hydrogen) atoms. The number of fused-ring (bicyclic) bond motifs is 1. The molecule has 2 heteroatoms. The summed E-state index contributed by atoms with van der Waals surface area (Å²) >= 11 is 1.80. The number of aromatic nitrogens is 1. The zero-order chi connectivity index (χ0) is 9.10. The topological polar surface area (TPSA) is 12.9 Å². The molecule has 0 saturated heterocycles. The molecule has 0 aliphatic heterocycles. The van der Waals surface area contributed by atoms with Crippen LogP contribution in [0.15, 0.2) is 36.5 Å². The lowest BCUT2D eigenvalue weighted by molar-refractivity contribution is 1.20. The third-order valence-electron chi connectivity index (χ3n) is 1.98. The number of hydrogen-bond acceptors (Lipinski definition) is 2. The van der Waals surface area contributed by atoms with Crippen molar-refractivity contribution in [1.29, 1.82) is 0 Å². The molecule has 0 bridgehead atoms. The van der Waals surface area contributed by atoms with Gasteiger partial charge in [-0.3, -0.25) is 4.98 Å². The largest absolute Gasteiger partial charge is 0.260 e. The third-order valence-corrected chi connectivity index (χ3v) is 2.56. The van der Waals surface area contributed by atoms with Crippen molar-refractivity contribution in [1.82, 2.24) is 4.98 Å². The zero-order valence-electron chi connectivity index (χ0n) is 7.53. The average Bonchev–Trinajstić information content (AvgIpc) is 2.18. The molecule has 0 spiro atoms. The second kappa shape index (κ2) is 3.79. The Bertz CT molecular complexity index is 412. The van der Waals surface area contributed by atoms with Crippen LogP contribution in [0.5, 0.6) is 0 Å². The summed E-state index contributed by atoms with van der Waals surface area (Å²) in [6.45, 7) is 0. The summed E-state index contributed by atoms with van der Waals surface area (Å²) in [5.74, 6) is 0.991. The van der Waals surface area contributed by atoms with Gasteiger partial charge in [-0.2, -0.15) is 11.8 Å². The Labute approximate surface area is 82.2 Å². The first-order chi connectivity index (χ1) is 6.40. The standard InChI is InChI=1S/C11H11NS/c1-13-8-11-6-9-4-2-3-5-10(9)7-12-11/h2-7H,8H2,1H3. The molecule has 0 amide bonds. The van der Waals surface area contributed by atoms with Gasteiger partial charge < -0.3 is 0 Å². The Balaban J connectivity index is 2.49. The molecule has 2 rings (SSSR count). The molecule has 2 aromatic rings. The lowest BCUT2D eigenvalue weighted by Crippen LogP contribution is -1.85. The first-order valence-corrected chi connectivity index (χ1v) is 5.62. The Morgan fingerprint density at radius 2 is 2.00 bits per heavy atom. The van der Waals surface area contributed by atoms with Crippen LogP contribution < -0.4 is 0 Å². The molecule has 0 atom stereocenters. The Morgan fingerprint density at radius 1 is 1.23 bits per heavy atom. The first kappa shape index (κ1) is 8.57. The predicted molar refractivity (Wildman–Crippen MR) is 59.0 cm³/mol. The van der Waals surface area contributed by atoms with Crippen LogP contribution in [0.3, 0.4) is 0 Å². The Kier molecular flexibility index (Phi) is 2.50. The summed E-state index contributed by atoms with van der Waals surface area (Å²) < 4.78 is 0. The summed E-state index contributed by atoms with van der Waals surface area (Å²) in [6, 6.07) is 10.5. The van der Waals surface area contributed by atoms with Gasteiger partial charge in [0, 0.05) is 17.3 Å². The lowest BCUT2D eigenvalue weighted by atomic mass is 10.1. The monoisotopic (exact) mass is 189 g/mol.